The van der Waals surface area contributed by atoms with Crippen molar-refractivity contribution in [2.75, 3.05) is 5.32 Å². The molecule has 1 aromatic heterocycles. The van der Waals surface area contributed by atoms with Crippen LogP contribution in [0.4, 0.5) is 11.8 Å². The molecule has 1 saturated carbocycles. The SMILES string of the molecule is CCCCC(CC)C(=O)NC1=N/C(=N\c2[nH]c(NC(=O)C(CC)CCCC)nc2C(C)C)C(C(C)C)=C1C(=O)OC1C(C(C)(C)C)CC(C)CC1C(C)(C)C. The second-order valence-corrected chi connectivity index (χ2v) is 19.2. The van der Waals surface area contributed by atoms with Crippen LogP contribution in [0.25, 0.3) is 0 Å². The van der Waals surface area contributed by atoms with Gasteiger partial charge >= 0.3 is 5.97 Å². The number of hydrogen-bond donors (Lipinski definition) is 3. The minimum absolute atomic E-state index is 0.0231. The van der Waals surface area contributed by atoms with E-state index in [1.54, 1.807) is 0 Å². The van der Waals surface area contributed by atoms with Gasteiger partial charge < -0.3 is 15.0 Å². The number of amides is 2. The number of nitrogens with one attached hydrogen (secondary N) is 3. The Labute approximate surface area is 333 Å². The Hall–Kier alpha value is -3.30. The van der Waals surface area contributed by atoms with Gasteiger partial charge in [-0.3, -0.25) is 14.9 Å². The van der Waals surface area contributed by atoms with Crippen molar-refractivity contribution in [3.05, 3.63) is 16.8 Å². The summed E-state index contributed by atoms with van der Waals surface area (Å²) in [5, 5.41) is 6.09. The number of carbonyl (C=O) groups excluding carboxylic acids is 3. The van der Waals surface area contributed by atoms with E-state index in [2.05, 4.69) is 77.9 Å². The normalized spacial score (nSPS) is 22.6. The summed E-state index contributed by atoms with van der Waals surface area (Å²) < 4.78 is 6.76. The summed E-state index contributed by atoms with van der Waals surface area (Å²) in [7, 11) is 0. The number of aromatic nitrogens is 2. The first kappa shape index (κ1) is 46.1. The van der Waals surface area contributed by atoms with Crippen molar-refractivity contribution in [2.45, 2.75) is 180 Å². The standard InChI is InChI=1S/C45H76N6O4/c1-16-20-22-29(18-3)40(52)49-38-34(42(54)55-36-31(44(10,11)12)24-28(9)25-32(36)45(13,14)15)33(26(5)6)37(47-38)48-39-35(27(7)8)46-43(50-39)51-41(53)30(19-4)23-21-17-2/h26-32,36H,16-25H2,1-15H3,(H2,46,50,51,53)(H,47,48,49,52). The highest BCUT2D eigenvalue weighted by atomic mass is 16.5. The van der Waals surface area contributed by atoms with Crippen LogP contribution in [-0.4, -0.2) is 45.5 Å². The fourth-order valence-corrected chi connectivity index (χ4v) is 8.35. The third-order valence-corrected chi connectivity index (χ3v) is 11.8. The molecule has 0 aromatic carbocycles. The number of rotatable bonds is 16. The van der Waals surface area contributed by atoms with Gasteiger partial charge in [-0.1, -0.05) is 130 Å². The number of ether oxygens (including phenoxy) is 1. The first-order valence-electron chi connectivity index (χ1n) is 21.5. The van der Waals surface area contributed by atoms with Crippen LogP contribution in [0.15, 0.2) is 21.1 Å². The Morgan fingerprint density at radius 2 is 1.33 bits per heavy atom. The lowest BCUT2D eigenvalue weighted by Gasteiger charge is -2.50. The highest BCUT2D eigenvalue weighted by Gasteiger charge is 2.49. The number of nitrogens with zero attached hydrogens (tertiary/aromatic N) is 3. The van der Waals surface area contributed by atoms with Gasteiger partial charge in [0.15, 0.2) is 11.7 Å². The van der Waals surface area contributed by atoms with Crippen LogP contribution >= 0.6 is 0 Å². The van der Waals surface area contributed by atoms with Crippen molar-refractivity contribution < 1.29 is 19.1 Å². The zero-order valence-corrected chi connectivity index (χ0v) is 37.2. The quantitative estimate of drug-likeness (QED) is 0.144. The molecule has 10 nitrogen and oxygen atoms in total. The van der Waals surface area contributed by atoms with Crippen molar-refractivity contribution in [2.24, 2.45) is 56.3 Å². The summed E-state index contributed by atoms with van der Waals surface area (Å²) in [6.45, 7) is 32.1. The second kappa shape index (κ2) is 19.7. The molecular formula is C45H76N6O4. The fourth-order valence-electron chi connectivity index (χ4n) is 8.35. The summed E-state index contributed by atoms with van der Waals surface area (Å²) in [4.78, 5) is 60.0. The topological polar surface area (TPSA) is 138 Å². The first-order valence-corrected chi connectivity index (χ1v) is 21.5. The average Bonchev–Trinajstić information content (AvgIpc) is 3.65. The average molecular weight is 765 g/mol. The maximum Gasteiger partial charge on any atom is 0.342 e. The summed E-state index contributed by atoms with van der Waals surface area (Å²) in [6.07, 6.45) is 8.56. The molecule has 0 radical (unpaired) electrons. The van der Waals surface area contributed by atoms with Crippen LogP contribution in [0.3, 0.4) is 0 Å². The third-order valence-electron chi connectivity index (χ3n) is 11.8. The molecule has 4 unspecified atom stereocenters. The van der Waals surface area contributed by atoms with Gasteiger partial charge in [0.2, 0.25) is 17.8 Å². The maximum atomic E-state index is 14.9. The molecule has 55 heavy (non-hydrogen) atoms. The Balaban J connectivity index is 2.20. The molecule has 3 rings (SSSR count). The lowest BCUT2D eigenvalue weighted by molar-refractivity contribution is -0.164. The summed E-state index contributed by atoms with van der Waals surface area (Å²) in [6, 6.07) is 0. The van der Waals surface area contributed by atoms with E-state index < -0.39 is 5.97 Å². The van der Waals surface area contributed by atoms with Gasteiger partial charge in [0.1, 0.15) is 17.5 Å². The third kappa shape index (κ3) is 11.9. The fraction of sp³-hybridized carbons (Fsp3) is 0.778. The Morgan fingerprint density at radius 1 is 0.818 bits per heavy atom. The Bertz CT molecular complexity index is 1550. The molecular weight excluding hydrogens is 689 g/mol. The van der Waals surface area contributed by atoms with Gasteiger partial charge in [-0.15, -0.1) is 0 Å². The zero-order valence-electron chi connectivity index (χ0n) is 37.2. The second-order valence-electron chi connectivity index (χ2n) is 19.2. The summed E-state index contributed by atoms with van der Waals surface area (Å²) >= 11 is 0. The van der Waals surface area contributed by atoms with E-state index in [4.69, 9.17) is 19.7 Å². The number of imidazole rings is 1. The van der Waals surface area contributed by atoms with Crippen LogP contribution in [-0.2, 0) is 19.1 Å². The zero-order chi connectivity index (χ0) is 41.4. The molecule has 2 heterocycles. The van der Waals surface area contributed by atoms with Gasteiger partial charge in [-0.05, 0) is 67.1 Å². The number of anilines is 1. The predicted octanol–water partition coefficient (Wildman–Crippen LogP) is 11.1. The minimum atomic E-state index is -0.475. The number of hydrogen-bond acceptors (Lipinski definition) is 6. The van der Waals surface area contributed by atoms with E-state index in [1.165, 1.54) is 0 Å². The van der Waals surface area contributed by atoms with Gasteiger partial charge in [0.05, 0.1) is 5.69 Å². The molecule has 0 saturated heterocycles. The molecule has 1 aliphatic carbocycles. The van der Waals surface area contributed by atoms with Crippen molar-refractivity contribution in [3.8, 4) is 0 Å². The maximum absolute atomic E-state index is 14.9. The van der Waals surface area contributed by atoms with Crippen molar-refractivity contribution in [1.29, 1.82) is 0 Å². The molecule has 3 N–H and O–H groups in total. The van der Waals surface area contributed by atoms with Crippen molar-refractivity contribution >= 4 is 41.2 Å². The number of aromatic amines is 1. The first-order chi connectivity index (χ1) is 25.7. The number of aliphatic imine (C=N–C) groups is 2. The molecule has 1 aromatic rings. The number of H-pyrrole nitrogens is 1. The van der Waals surface area contributed by atoms with E-state index in [0.717, 1.165) is 57.8 Å². The molecule has 2 amide bonds. The number of unbranched alkanes of at least 4 members (excludes halogenated alkanes) is 2. The summed E-state index contributed by atoms with van der Waals surface area (Å²) in [5.74, 6) is 0.901. The molecule has 1 fully saturated rings. The highest BCUT2D eigenvalue weighted by molar-refractivity contribution is 6.33. The van der Waals surface area contributed by atoms with Crippen LogP contribution in [0.2, 0.25) is 0 Å². The van der Waals surface area contributed by atoms with E-state index in [0.29, 0.717) is 41.2 Å². The molecule has 4 atom stereocenters. The van der Waals surface area contributed by atoms with Gasteiger partial charge in [0.25, 0.3) is 0 Å². The van der Waals surface area contributed by atoms with E-state index in [9.17, 15) is 14.4 Å². The Morgan fingerprint density at radius 3 is 1.76 bits per heavy atom. The van der Waals surface area contributed by atoms with E-state index in [1.807, 2.05) is 41.5 Å². The molecule has 310 valence electrons. The largest absolute Gasteiger partial charge is 0.458 e. The van der Waals surface area contributed by atoms with Gasteiger partial charge in [-0.25, -0.2) is 19.8 Å². The number of amidine groups is 2. The minimum Gasteiger partial charge on any atom is -0.458 e. The predicted molar refractivity (Wildman–Crippen MR) is 227 cm³/mol. The van der Waals surface area contributed by atoms with Crippen LogP contribution in [0.5, 0.6) is 0 Å². The smallest absolute Gasteiger partial charge is 0.342 e. The van der Waals surface area contributed by atoms with Crippen molar-refractivity contribution in [3.63, 3.8) is 0 Å². The van der Waals surface area contributed by atoms with E-state index in [-0.39, 0.29) is 75.7 Å². The van der Waals surface area contributed by atoms with Crippen LogP contribution in [0.1, 0.15) is 180 Å². The lowest BCUT2D eigenvalue weighted by Crippen LogP contribution is -2.50. The Kier molecular flexibility index (Phi) is 16.5. The van der Waals surface area contributed by atoms with Gasteiger partial charge in [0, 0.05) is 29.2 Å². The van der Waals surface area contributed by atoms with E-state index >= 15 is 0 Å². The van der Waals surface area contributed by atoms with Crippen LogP contribution in [0, 0.1) is 46.3 Å². The number of carbonyl (C=O) groups is 3. The van der Waals surface area contributed by atoms with Crippen LogP contribution < -0.4 is 10.6 Å². The molecule has 2 aliphatic rings. The lowest BCUT2D eigenvalue weighted by atomic mass is 9.59. The molecule has 10 heteroatoms. The molecule has 0 spiro atoms. The van der Waals surface area contributed by atoms with Crippen molar-refractivity contribution in [1.82, 2.24) is 15.3 Å². The van der Waals surface area contributed by atoms with Gasteiger partial charge in [-0.2, -0.15) is 0 Å². The summed E-state index contributed by atoms with van der Waals surface area (Å²) in [5.41, 5.74) is 1.38. The number of esters is 1. The molecule has 0 bridgehead atoms. The monoisotopic (exact) mass is 765 g/mol. The highest BCUT2D eigenvalue weighted by Crippen LogP contribution is 2.50. The molecule has 1 aliphatic heterocycles.